The molecule has 1 unspecified atom stereocenters. The number of ether oxygens (including phenoxy) is 2. The van der Waals surface area contributed by atoms with Crippen LogP contribution in [0.2, 0.25) is 0 Å². The van der Waals surface area contributed by atoms with Gasteiger partial charge in [0.15, 0.2) is 0 Å². The topological polar surface area (TPSA) is 70.5 Å². The van der Waals surface area contributed by atoms with Crippen LogP contribution in [0.1, 0.15) is 27.2 Å². The molecule has 0 radical (unpaired) electrons. The van der Waals surface area contributed by atoms with Crippen molar-refractivity contribution >= 4 is 34.8 Å². The molecule has 0 saturated carbocycles. The summed E-state index contributed by atoms with van der Waals surface area (Å²) in [5, 5.41) is 0.261. The summed E-state index contributed by atoms with van der Waals surface area (Å²) in [6.45, 7) is 6.34. The smallest absolute Gasteiger partial charge is 0.254 e. The number of hydrogen-bond donors (Lipinski definition) is 2. The Morgan fingerprint density at radius 2 is 1.71 bits per heavy atom. The van der Waals surface area contributed by atoms with Crippen LogP contribution in [0.15, 0.2) is 0 Å². The Hall–Kier alpha value is -0.620. The number of thiocarbonyl (C=S) groups is 2. The second kappa shape index (κ2) is 10.5. The van der Waals surface area contributed by atoms with Crippen LogP contribution in [0, 0.1) is 0 Å². The molecule has 0 saturated heterocycles. The van der Waals surface area contributed by atoms with E-state index in [0.29, 0.717) is 6.61 Å². The molecule has 0 aromatic heterocycles. The predicted octanol–water partition coefficient (Wildman–Crippen LogP) is 1.31. The summed E-state index contributed by atoms with van der Waals surface area (Å²) in [5.74, 6) is 0. The van der Waals surface area contributed by atoms with E-state index in [2.05, 4.69) is 29.2 Å². The molecule has 14 heavy (non-hydrogen) atoms. The Bertz CT molecular complexity index is 177. The Morgan fingerprint density at radius 3 is 1.79 bits per heavy atom. The third kappa shape index (κ3) is 17.5. The highest BCUT2D eigenvalue weighted by Gasteiger charge is 1.97. The standard InChI is InChI=1S/C5H11NOS.C3H7NOS/c1-3-4(2)7-5(6)8;1-2-5-3(4)6/h4H,3H2,1-2H3,(H2,6,8);2H2,1H3,(H2,4,6). The van der Waals surface area contributed by atoms with E-state index in [0.717, 1.165) is 6.42 Å². The van der Waals surface area contributed by atoms with Crippen LogP contribution < -0.4 is 11.5 Å². The zero-order valence-corrected chi connectivity index (χ0v) is 10.4. The van der Waals surface area contributed by atoms with Gasteiger partial charge in [-0.15, -0.1) is 0 Å². The Kier molecular flexibility index (Phi) is 11.8. The molecule has 0 bridgehead atoms. The molecule has 0 aromatic rings. The maximum Gasteiger partial charge on any atom is 0.254 e. The Labute approximate surface area is 95.9 Å². The third-order valence-electron chi connectivity index (χ3n) is 1.18. The van der Waals surface area contributed by atoms with Crippen molar-refractivity contribution in [2.45, 2.75) is 33.3 Å². The summed E-state index contributed by atoms with van der Waals surface area (Å²) in [6, 6.07) is 0. The lowest BCUT2D eigenvalue weighted by Gasteiger charge is -2.08. The molecule has 0 spiro atoms. The zero-order chi connectivity index (χ0) is 11.6. The highest BCUT2D eigenvalue weighted by atomic mass is 32.1. The highest BCUT2D eigenvalue weighted by molar-refractivity contribution is 7.80. The zero-order valence-electron chi connectivity index (χ0n) is 8.78. The lowest BCUT2D eigenvalue weighted by Crippen LogP contribution is -2.19. The molecule has 0 amide bonds. The van der Waals surface area contributed by atoms with Gasteiger partial charge in [0.05, 0.1) is 12.7 Å². The van der Waals surface area contributed by atoms with Crippen molar-refractivity contribution in [1.82, 2.24) is 0 Å². The van der Waals surface area contributed by atoms with Gasteiger partial charge in [-0.25, -0.2) is 0 Å². The Morgan fingerprint density at radius 1 is 1.21 bits per heavy atom. The maximum atomic E-state index is 5.08. The summed E-state index contributed by atoms with van der Waals surface area (Å²) in [4.78, 5) is 0. The van der Waals surface area contributed by atoms with Crippen LogP contribution >= 0.6 is 24.4 Å². The summed E-state index contributed by atoms with van der Waals surface area (Å²) >= 11 is 8.84. The lowest BCUT2D eigenvalue weighted by atomic mass is 10.3. The minimum atomic E-state index is 0.123. The van der Waals surface area contributed by atoms with Gasteiger partial charge in [0.25, 0.3) is 10.3 Å². The largest absolute Gasteiger partial charge is 0.472 e. The molecular formula is C8H18N2O2S2. The average molecular weight is 238 g/mol. The van der Waals surface area contributed by atoms with Gasteiger partial charge in [0.2, 0.25) is 0 Å². The monoisotopic (exact) mass is 238 g/mol. The molecule has 0 rings (SSSR count). The molecule has 0 aliphatic heterocycles. The lowest BCUT2D eigenvalue weighted by molar-refractivity contribution is 0.207. The summed E-state index contributed by atoms with van der Waals surface area (Å²) in [6.07, 6.45) is 1.10. The second-order valence-electron chi connectivity index (χ2n) is 2.41. The van der Waals surface area contributed by atoms with E-state index in [1.54, 1.807) is 0 Å². The van der Waals surface area contributed by atoms with Gasteiger partial charge >= 0.3 is 0 Å². The average Bonchev–Trinajstić information content (AvgIpc) is 2.03. The molecular weight excluding hydrogens is 220 g/mol. The molecule has 0 aliphatic rings. The van der Waals surface area contributed by atoms with E-state index in [1.807, 2.05) is 20.8 Å². The summed E-state index contributed by atoms with van der Waals surface area (Å²) < 4.78 is 9.46. The van der Waals surface area contributed by atoms with E-state index < -0.39 is 0 Å². The third-order valence-corrected chi connectivity index (χ3v) is 1.39. The molecule has 0 aliphatic carbocycles. The predicted molar refractivity (Wildman–Crippen MR) is 66.0 cm³/mol. The fourth-order valence-electron chi connectivity index (χ4n) is 0.424. The van der Waals surface area contributed by atoms with Gasteiger partial charge in [-0.2, -0.15) is 0 Å². The first-order valence-corrected chi connectivity index (χ1v) is 5.13. The second-order valence-corrected chi connectivity index (χ2v) is 3.21. The molecule has 0 fully saturated rings. The van der Waals surface area contributed by atoms with E-state index in [9.17, 15) is 0 Å². The van der Waals surface area contributed by atoms with Crippen molar-refractivity contribution in [3.63, 3.8) is 0 Å². The molecule has 0 aromatic carbocycles. The molecule has 4 N–H and O–H groups in total. The van der Waals surface area contributed by atoms with Gasteiger partial charge < -0.3 is 20.9 Å². The van der Waals surface area contributed by atoms with Gasteiger partial charge in [-0.3, -0.25) is 0 Å². The van der Waals surface area contributed by atoms with Crippen molar-refractivity contribution in [2.24, 2.45) is 11.5 Å². The normalized spacial score (nSPS) is 10.5. The van der Waals surface area contributed by atoms with E-state index in [4.69, 9.17) is 16.2 Å². The molecule has 0 heterocycles. The minimum absolute atomic E-state index is 0.123. The van der Waals surface area contributed by atoms with Gasteiger partial charge in [-0.1, -0.05) is 6.92 Å². The number of nitrogens with two attached hydrogens (primary N) is 2. The molecule has 1 atom stereocenters. The van der Waals surface area contributed by atoms with Gasteiger partial charge in [0, 0.05) is 0 Å². The van der Waals surface area contributed by atoms with Crippen LogP contribution in [0.25, 0.3) is 0 Å². The van der Waals surface area contributed by atoms with Crippen LogP contribution in [0.3, 0.4) is 0 Å². The van der Waals surface area contributed by atoms with Crippen molar-refractivity contribution in [2.75, 3.05) is 6.61 Å². The minimum Gasteiger partial charge on any atom is -0.472 e. The molecule has 6 heteroatoms. The van der Waals surface area contributed by atoms with Crippen LogP contribution in [0.5, 0.6) is 0 Å². The van der Waals surface area contributed by atoms with Crippen LogP contribution in [-0.4, -0.2) is 23.1 Å². The quantitative estimate of drug-likeness (QED) is 0.722. The maximum absolute atomic E-state index is 5.08. The van der Waals surface area contributed by atoms with E-state index in [1.165, 1.54) is 0 Å². The molecule has 4 nitrogen and oxygen atoms in total. The van der Waals surface area contributed by atoms with Crippen molar-refractivity contribution < 1.29 is 9.47 Å². The van der Waals surface area contributed by atoms with Crippen LogP contribution in [0.4, 0.5) is 0 Å². The fraction of sp³-hybridized carbons (Fsp3) is 0.750. The van der Waals surface area contributed by atoms with Gasteiger partial charge in [0.1, 0.15) is 0 Å². The first kappa shape index (κ1) is 15.8. The van der Waals surface area contributed by atoms with Crippen LogP contribution in [-0.2, 0) is 9.47 Å². The number of rotatable bonds is 3. The Balaban J connectivity index is 0. The van der Waals surface area contributed by atoms with E-state index in [-0.39, 0.29) is 16.5 Å². The SMILES string of the molecule is CCC(C)OC(N)=S.CCOC(N)=S. The fourth-order valence-corrected chi connectivity index (χ4v) is 0.706. The summed E-state index contributed by atoms with van der Waals surface area (Å²) in [5.41, 5.74) is 9.99. The first-order valence-electron chi connectivity index (χ1n) is 4.32. The molecule has 84 valence electrons. The van der Waals surface area contributed by atoms with Crippen molar-refractivity contribution in [3.05, 3.63) is 0 Å². The van der Waals surface area contributed by atoms with Crippen molar-refractivity contribution in [3.8, 4) is 0 Å². The van der Waals surface area contributed by atoms with Crippen molar-refractivity contribution in [1.29, 1.82) is 0 Å². The summed E-state index contributed by atoms with van der Waals surface area (Å²) in [7, 11) is 0. The number of hydrogen-bond acceptors (Lipinski definition) is 4. The van der Waals surface area contributed by atoms with Gasteiger partial charge in [-0.05, 0) is 44.7 Å². The first-order chi connectivity index (χ1) is 6.43. The highest BCUT2D eigenvalue weighted by Crippen LogP contribution is 1.93. The van der Waals surface area contributed by atoms with E-state index >= 15 is 0 Å².